The fourth-order valence-electron chi connectivity index (χ4n) is 2.85. The number of benzene rings is 1. The Balaban J connectivity index is 2.13. The van der Waals surface area contributed by atoms with Crippen LogP contribution in [0.4, 0.5) is 5.95 Å². The van der Waals surface area contributed by atoms with E-state index in [1.807, 2.05) is 44.2 Å². The van der Waals surface area contributed by atoms with Crippen molar-refractivity contribution in [3.8, 4) is 0 Å². The monoisotopic (exact) mass is 354 g/mol. The van der Waals surface area contributed by atoms with Gasteiger partial charge < -0.3 is 4.57 Å². The van der Waals surface area contributed by atoms with Gasteiger partial charge in [0.15, 0.2) is 11.2 Å². The van der Waals surface area contributed by atoms with E-state index in [0.717, 1.165) is 22.3 Å². The molecule has 26 heavy (non-hydrogen) atoms. The van der Waals surface area contributed by atoms with Gasteiger partial charge in [0.05, 0.1) is 5.71 Å². The number of imidazole rings is 1. The molecule has 0 amide bonds. The SMILES string of the molecule is CCCn1c(NN=C(C)c2ccccc2)nc2c1c(=O)n(C)c(=O)n2C. The Morgan fingerprint density at radius 1 is 1.15 bits per heavy atom. The number of rotatable bonds is 5. The third kappa shape index (κ3) is 2.94. The van der Waals surface area contributed by atoms with Gasteiger partial charge >= 0.3 is 5.69 Å². The molecule has 0 unspecified atom stereocenters. The van der Waals surface area contributed by atoms with Crippen LogP contribution in [0.15, 0.2) is 45.0 Å². The average molecular weight is 354 g/mol. The Morgan fingerprint density at radius 3 is 2.50 bits per heavy atom. The largest absolute Gasteiger partial charge is 0.332 e. The summed E-state index contributed by atoms with van der Waals surface area (Å²) in [7, 11) is 3.08. The Hall–Kier alpha value is -3.16. The molecular formula is C18H22N6O2. The quantitative estimate of drug-likeness (QED) is 0.558. The van der Waals surface area contributed by atoms with E-state index in [-0.39, 0.29) is 5.56 Å². The number of anilines is 1. The highest BCUT2D eigenvalue weighted by Gasteiger charge is 2.18. The summed E-state index contributed by atoms with van der Waals surface area (Å²) in [5.41, 5.74) is 4.72. The van der Waals surface area contributed by atoms with Crippen LogP contribution < -0.4 is 16.7 Å². The Kier molecular flexibility index (Phi) is 4.75. The van der Waals surface area contributed by atoms with Gasteiger partial charge in [-0.15, -0.1) is 0 Å². The van der Waals surface area contributed by atoms with Crippen molar-refractivity contribution in [1.82, 2.24) is 18.7 Å². The summed E-state index contributed by atoms with van der Waals surface area (Å²) >= 11 is 0. The molecule has 3 aromatic rings. The number of hydrogen-bond acceptors (Lipinski definition) is 5. The molecule has 1 aromatic carbocycles. The summed E-state index contributed by atoms with van der Waals surface area (Å²) in [6.07, 6.45) is 0.813. The van der Waals surface area contributed by atoms with E-state index in [1.54, 1.807) is 11.6 Å². The van der Waals surface area contributed by atoms with Crippen molar-refractivity contribution in [1.29, 1.82) is 0 Å². The van der Waals surface area contributed by atoms with Crippen LogP contribution in [0.5, 0.6) is 0 Å². The van der Waals surface area contributed by atoms with Crippen molar-refractivity contribution in [2.45, 2.75) is 26.8 Å². The van der Waals surface area contributed by atoms with Crippen LogP contribution in [0.1, 0.15) is 25.8 Å². The maximum absolute atomic E-state index is 12.6. The lowest BCUT2D eigenvalue weighted by atomic mass is 10.1. The molecule has 0 bridgehead atoms. The van der Waals surface area contributed by atoms with Crippen LogP contribution in [0.2, 0.25) is 0 Å². The van der Waals surface area contributed by atoms with Gasteiger partial charge in [-0.2, -0.15) is 10.1 Å². The molecule has 0 spiro atoms. The third-order valence-corrected chi connectivity index (χ3v) is 4.31. The van der Waals surface area contributed by atoms with Gasteiger partial charge in [0.1, 0.15) is 0 Å². The van der Waals surface area contributed by atoms with Gasteiger partial charge in [0.2, 0.25) is 5.95 Å². The van der Waals surface area contributed by atoms with E-state index in [1.165, 1.54) is 11.6 Å². The molecule has 0 aliphatic rings. The van der Waals surface area contributed by atoms with Gasteiger partial charge in [0.25, 0.3) is 5.56 Å². The molecule has 0 radical (unpaired) electrons. The third-order valence-electron chi connectivity index (χ3n) is 4.31. The fraction of sp³-hybridized carbons (Fsp3) is 0.333. The number of aryl methyl sites for hydroxylation is 2. The molecule has 1 N–H and O–H groups in total. The first-order valence-corrected chi connectivity index (χ1v) is 8.47. The summed E-state index contributed by atoms with van der Waals surface area (Å²) in [5.74, 6) is 0.440. The molecule has 2 heterocycles. The highest BCUT2D eigenvalue weighted by Crippen LogP contribution is 2.16. The Labute approximate surface area is 150 Å². The van der Waals surface area contributed by atoms with E-state index < -0.39 is 5.69 Å². The molecule has 0 atom stereocenters. The van der Waals surface area contributed by atoms with E-state index in [9.17, 15) is 9.59 Å². The summed E-state index contributed by atoms with van der Waals surface area (Å²) in [6, 6.07) is 9.77. The number of hydrogen-bond donors (Lipinski definition) is 1. The fourth-order valence-corrected chi connectivity index (χ4v) is 2.85. The predicted molar refractivity (Wildman–Crippen MR) is 103 cm³/mol. The summed E-state index contributed by atoms with van der Waals surface area (Å²) < 4.78 is 4.25. The first-order chi connectivity index (χ1) is 12.5. The Bertz CT molecular complexity index is 1090. The molecule has 8 heteroatoms. The molecule has 0 saturated heterocycles. The summed E-state index contributed by atoms with van der Waals surface area (Å²) in [4.78, 5) is 29.2. The molecule has 136 valence electrons. The lowest BCUT2D eigenvalue weighted by molar-refractivity contribution is 0.678. The zero-order valence-electron chi connectivity index (χ0n) is 15.4. The van der Waals surface area contributed by atoms with E-state index in [2.05, 4.69) is 15.5 Å². The van der Waals surface area contributed by atoms with Crippen LogP contribution in [-0.2, 0) is 20.6 Å². The van der Waals surface area contributed by atoms with Crippen LogP contribution in [0.3, 0.4) is 0 Å². The predicted octanol–water partition coefficient (Wildman–Crippen LogP) is 1.68. The summed E-state index contributed by atoms with van der Waals surface area (Å²) in [6.45, 7) is 4.50. The van der Waals surface area contributed by atoms with E-state index >= 15 is 0 Å². The average Bonchev–Trinajstić information content (AvgIpc) is 3.02. The van der Waals surface area contributed by atoms with Crippen molar-refractivity contribution in [2.24, 2.45) is 19.2 Å². The number of fused-ring (bicyclic) bond motifs is 1. The molecule has 3 rings (SSSR count). The number of nitrogens with zero attached hydrogens (tertiary/aromatic N) is 5. The molecule has 0 fully saturated rings. The van der Waals surface area contributed by atoms with Crippen LogP contribution in [0, 0.1) is 0 Å². The normalized spacial score (nSPS) is 11.9. The van der Waals surface area contributed by atoms with Crippen molar-refractivity contribution < 1.29 is 0 Å². The zero-order chi connectivity index (χ0) is 18.8. The van der Waals surface area contributed by atoms with Gasteiger partial charge in [-0.3, -0.25) is 13.9 Å². The highest BCUT2D eigenvalue weighted by atomic mass is 16.2. The molecular weight excluding hydrogens is 332 g/mol. The first kappa shape index (κ1) is 17.7. The molecule has 0 aliphatic heterocycles. The summed E-state index contributed by atoms with van der Waals surface area (Å²) in [5, 5.41) is 4.39. The van der Waals surface area contributed by atoms with Crippen LogP contribution >= 0.6 is 0 Å². The van der Waals surface area contributed by atoms with Crippen molar-refractivity contribution in [3.05, 3.63) is 56.7 Å². The highest BCUT2D eigenvalue weighted by molar-refractivity contribution is 5.99. The van der Waals surface area contributed by atoms with E-state index in [4.69, 9.17) is 0 Å². The van der Waals surface area contributed by atoms with Crippen molar-refractivity contribution in [2.75, 3.05) is 5.43 Å². The Morgan fingerprint density at radius 2 is 1.85 bits per heavy atom. The molecule has 2 aromatic heterocycles. The molecule has 8 nitrogen and oxygen atoms in total. The number of nitrogens with one attached hydrogen (secondary N) is 1. The van der Waals surface area contributed by atoms with Gasteiger partial charge in [0, 0.05) is 20.6 Å². The molecule has 0 saturated carbocycles. The topological polar surface area (TPSA) is 86.2 Å². The lowest BCUT2D eigenvalue weighted by Crippen LogP contribution is -2.37. The smallest absolute Gasteiger partial charge is 0.303 e. The van der Waals surface area contributed by atoms with Crippen LogP contribution in [-0.4, -0.2) is 24.4 Å². The zero-order valence-corrected chi connectivity index (χ0v) is 15.4. The van der Waals surface area contributed by atoms with Crippen molar-refractivity contribution >= 4 is 22.8 Å². The lowest BCUT2D eigenvalue weighted by Gasteiger charge is -2.08. The molecule has 0 aliphatic carbocycles. The van der Waals surface area contributed by atoms with Gasteiger partial charge in [-0.05, 0) is 18.9 Å². The second-order valence-electron chi connectivity index (χ2n) is 6.14. The standard InChI is InChI=1S/C18H22N6O2/c1-5-11-24-14-15(22(3)18(26)23(4)16(14)25)19-17(24)21-20-12(2)13-9-7-6-8-10-13/h6-10H,5,11H2,1-4H3,(H,19,21). The second kappa shape index (κ2) is 6.99. The minimum absolute atomic E-state index is 0.349. The van der Waals surface area contributed by atoms with Crippen molar-refractivity contribution in [3.63, 3.8) is 0 Å². The maximum atomic E-state index is 12.6. The minimum atomic E-state index is -0.404. The van der Waals surface area contributed by atoms with Gasteiger partial charge in [-0.1, -0.05) is 37.3 Å². The number of hydrazone groups is 1. The second-order valence-corrected chi connectivity index (χ2v) is 6.14. The maximum Gasteiger partial charge on any atom is 0.332 e. The van der Waals surface area contributed by atoms with E-state index in [0.29, 0.717) is 23.7 Å². The van der Waals surface area contributed by atoms with Gasteiger partial charge in [-0.25, -0.2) is 10.2 Å². The van der Waals surface area contributed by atoms with Crippen LogP contribution in [0.25, 0.3) is 11.2 Å². The minimum Gasteiger partial charge on any atom is -0.303 e. The first-order valence-electron chi connectivity index (χ1n) is 8.47. The number of aromatic nitrogens is 4.